The van der Waals surface area contributed by atoms with E-state index in [0.717, 1.165) is 13.0 Å². The Kier molecular flexibility index (Phi) is 4.39. The molecule has 108 valence electrons. The number of rotatable bonds is 5. The molecule has 0 bridgehead atoms. The molecule has 1 aromatic heterocycles. The van der Waals surface area contributed by atoms with E-state index in [9.17, 15) is 4.39 Å². The highest BCUT2D eigenvalue weighted by atomic mass is 19.1. The molecule has 5 heteroatoms. The van der Waals surface area contributed by atoms with E-state index in [1.165, 1.54) is 6.07 Å². The van der Waals surface area contributed by atoms with Crippen LogP contribution in [0.4, 0.5) is 4.39 Å². The Balaban J connectivity index is 2.29. The summed E-state index contributed by atoms with van der Waals surface area (Å²) < 4.78 is 21.3. The number of ether oxygens (including phenoxy) is 1. The molecule has 20 heavy (non-hydrogen) atoms. The van der Waals surface area contributed by atoms with Crippen LogP contribution in [0.25, 0.3) is 0 Å². The van der Waals surface area contributed by atoms with Crippen LogP contribution in [-0.4, -0.2) is 9.78 Å². The lowest BCUT2D eigenvalue weighted by Crippen LogP contribution is -2.07. The average molecular weight is 277 g/mol. The third-order valence-electron chi connectivity index (χ3n) is 3.07. The maximum absolute atomic E-state index is 13.6. The second-order valence-electron chi connectivity index (χ2n) is 4.97. The van der Waals surface area contributed by atoms with Crippen molar-refractivity contribution in [2.24, 2.45) is 5.73 Å². The summed E-state index contributed by atoms with van der Waals surface area (Å²) in [6, 6.07) is 2.81. The number of hydrogen-bond donors (Lipinski definition) is 1. The molecule has 1 heterocycles. The Morgan fingerprint density at radius 1 is 1.45 bits per heavy atom. The van der Waals surface area contributed by atoms with Gasteiger partial charge in [0.2, 0.25) is 0 Å². The normalized spacial score (nSPS) is 12.4. The summed E-state index contributed by atoms with van der Waals surface area (Å²) >= 11 is 0. The molecule has 0 saturated carbocycles. The van der Waals surface area contributed by atoms with E-state index >= 15 is 0 Å². The maximum Gasteiger partial charge on any atom is 0.165 e. The van der Waals surface area contributed by atoms with E-state index < -0.39 is 0 Å². The van der Waals surface area contributed by atoms with Gasteiger partial charge in [-0.2, -0.15) is 5.10 Å². The zero-order chi connectivity index (χ0) is 14.7. The zero-order valence-corrected chi connectivity index (χ0v) is 12.1. The van der Waals surface area contributed by atoms with Crippen LogP contribution in [0.5, 0.6) is 11.5 Å². The van der Waals surface area contributed by atoms with Gasteiger partial charge >= 0.3 is 0 Å². The number of nitrogens with two attached hydrogens (primary N) is 1. The molecular weight excluding hydrogens is 257 g/mol. The van der Waals surface area contributed by atoms with Gasteiger partial charge in [0.05, 0.1) is 12.4 Å². The van der Waals surface area contributed by atoms with E-state index in [1.807, 2.05) is 10.9 Å². The predicted octanol–water partition coefficient (Wildman–Crippen LogP) is 3.55. The zero-order valence-electron chi connectivity index (χ0n) is 12.1. The molecule has 1 atom stereocenters. The SMILES string of the molecule is CCCn1cc(Oc2cc(C)c(F)cc2[C@@H](C)N)cn1. The lowest BCUT2D eigenvalue weighted by Gasteiger charge is -2.14. The van der Waals surface area contributed by atoms with Gasteiger partial charge in [-0.25, -0.2) is 4.39 Å². The molecule has 0 aliphatic heterocycles. The van der Waals surface area contributed by atoms with Crippen LogP contribution in [0.1, 0.15) is 37.4 Å². The standard InChI is InChI=1S/C15H20FN3O/c1-4-5-19-9-12(8-18-19)20-15-6-10(2)14(16)7-13(15)11(3)17/h6-9,11H,4-5,17H2,1-3H3/t11-/m1/s1. The van der Waals surface area contributed by atoms with Crippen LogP contribution in [-0.2, 0) is 6.54 Å². The third-order valence-corrected chi connectivity index (χ3v) is 3.07. The fourth-order valence-corrected chi connectivity index (χ4v) is 1.99. The molecule has 4 nitrogen and oxygen atoms in total. The summed E-state index contributed by atoms with van der Waals surface area (Å²) in [7, 11) is 0. The van der Waals surface area contributed by atoms with Crippen LogP contribution in [0.15, 0.2) is 24.5 Å². The monoisotopic (exact) mass is 277 g/mol. The molecule has 0 aliphatic rings. The number of halogens is 1. The summed E-state index contributed by atoms with van der Waals surface area (Å²) in [5, 5.41) is 4.20. The molecule has 2 rings (SSSR count). The van der Waals surface area contributed by atoms with E-state index in [1.54, 1.807) is 26.1 Å². The summed E-state index contributed by atoms with van der Waals surface area (Å²) in [6.45, 7) is 6.43. The van der Waals surface area contributed by atoms with Gasteiger partial charge in [0.15, 0.2) is 5.75 Å². The second-order valence-corrected chi connectivity index (χ2v) is 4.97. The fraction of sp³-hybridized carbons (Fsp3) is 0.400. The molecule has 0 unspecified atom stereocenters. The average Bonchev–Trinajstić information content (AvgIpc) is 2.81. The van der Waals surface area contributed by atoms with E-state index in [0.29, 0.717) is 22.6 Å². The van der Waals surface area contributed by atoms with Crippen LogP contribution in [0.2, 0.25) is 0 Å². The van der Waals surface area contributed by atoms with Crippen molar-refractivity contribution in [3.05, 3.63) is 41.5 Å². The van der Waals surface area contributed by atoms with Crippen molar-refractivity contribution in [1.29, 1.82) is 0 Å². The first kappa shape index (κ1) is 14.5. The van der Waals surface area contributed by atoms with Crippen molar-refractivity contribution in [2.75, 3.05) is 0 Å². The predicted molar refractivity (Wildman–Crippen MR) is 76.3 cm³/mol. The van der Waals surface area contributed by atoms with Crippen LogP contribution >= 0.6 is 0 Å². The smallest absolute Gasteiger partial charge is 0.165 e. The van der Waals surface area contributed by atoms with Gasteiger partial charge < -0.3 is 10.5 Å². The number of aromatic nitrogens is 2. The molecule has 2 aromatic rings. The van der Waals surface area contributed by atoms with Crippen LogP contribution in [0, 0.1) is 12.7 Å². The van der Waals surface area contributed by atoms with Gasteiger partial charge in [-0.3, -0.25) is 4.68 Å². The maximum atomic E-state index is 13.6. The number of aryl methyl sites for hydroxylation is 2. The van der Waals surface area contributed by atoms with Gasteiger partial charge in [0.25, 0.3) is 0 Å². The Labute approximate surface area is 118 Å². The summed E-state index contributed by atoms with van der Waals surface area (Å²) in [4.78, 5) is 0. The highest BCUT2D eigenvalue weighted by molar-refractivity contribution is 5.42. The minimum absolute atomic E-state index is 0.272. The summed E-state index contributed by atoms with van der Waals surface area (Å²) in [5.74, 6) is 0.938. The minimum Gasteiger partial charge on any atom is -0.454 e. The lowest BCUT2D eigenvalue weighted by molar-refractivity contribution is 0.466. The van der Waals surface area contributed by atoms with Crippen LogP contribution in [0.3, 0.4) is 0 Å². The first-order valence-electron chi connectivity index (χ1n) is 6.77. The third kappa shape index (κ3) is 3.17. The highest BCUT2D eigenvalue weighted by Crippen LogP contribution is 2.31. The minimum atomic E-state index is -0.300. The van der Waals surface area contributed by atoms with Gasteiger partial charge in [0.1, 0.15) is 11.6 Å². The van der Waals surface area contributed by atoms with Gasteiger partial charge in [-0.1, -0.05) is 6.92 Å². The number of nitrogens with zero attached hydrogens (tertiary/aromatic N) is 2. The van der Waals surface area contributed by atoms with Crippen molar-refractivity contribution >= 4 is 0 Å². The Bertz CT molecular complexity index is 593. The molecule has 0 amide bonds. The van der Waals surface area contributed by atoms with Crippen molar-refractivity contribution < 1.29 is 9.13 Å². The number of benzene rings is 1. The first-order valence-corrected chi connectivity index (χ1v) is 6.77. The van der Waals surface area contributed by atoms with Crippen molar-refractivity contribution in [3.63, 3.8) is 0 Å². The molecule has 0 radical (unpaired) electrons. The molecule has 1 aromatic carbocycles. The van der Waals surface area contributed by atoms with Crippen LogP contribution < -0.4 is 10.5 Å². The van der Waals surface area contributed by atoms with E-state index in [-0.39, 0.29) is 11.9 Å². The van der Waals surface area contributed by atoms with Gasteiger partial charge in [0, 0.05) is 18.2 Å². The highest BCUT2D eigenvalue weighted by Gasteiger charge is 2.13. The van der Waals surface area contributed by atoms with Crippen molar-refractivity contribution in [1.82, 2.24) is 9.78 Å². The molecule has 0 fully saturated rings. The molecule has 0 saturated heterocycles. The molecule has 0 aliphatic carbocycles. The second kappa shape index (κ2) is 6.05. The summed E-state index contributed by atoms with van der Waals surface area (Å²) in [6.07, 6.45) is 4.48. The summed E-state index contributed by atoms with van der Waals surface area (Å²) in [5.41, 5.74) is 7.05. The number of hydrogen-bond acceptors (Lipinski definition) is 3. The van der Waals surface area contributed by atoms with Crippen molar-refractivity contribution in [3.8, 4) is 11.5 Å². The fourth-order valence-electron chi connectivity index (χ4n) is 1.99. The Morgan fingerprint density at radius 2 is 2.20 bits per heavy atom. The quantitative estimate of drug-likeness (QED) is 0.909. The van der Waals surface area contributed by atoms with E-state index in [2.05, 4.69) is 12.0 Å². The Morgan fingerprint density at radius 3 is 2.85 bits per heavy atom. The Hall–Kier alpha value is -1.88. The largest absolute Gasteiger partial charge is 0.454 e. The lowest BCUT2D eigenvalue weighted by atomic mass is 10.1. The van der Waals surface area contributed by atoms with Gasteiger partial charge in [-0.15, -0.1) is 0 Å². The van der Waals surface area contributed by atoms with E-state index in [4.69, 9.17) is 10.5 Å². The molecule has 0 spiro atoms. The van der Waals surface area contributed by atoms with Gasteiger partial charge in [-0.05, 0) is 38.0 Å². The topological polar surface area (TPSA) is 53.1 Å². The first-order chi connectivity index (χ1) is 9.51. The molecular formula is C15H20FN3O. The van der Waals surface area contributed by atoms with Crippen molar-refractivity contribution in [2.45, 2.75) is 39.8 Å². The molecule has 2 N–H and O–H groups in total.